The first kappa shape index (κ1) is 16.4. The molecule has 0 fully saturated rings. The number of aldehydes is 2. The molecule has 0 spiro atoms. The first-order valence-corrected chi connectivity index (χ1v) is 7.61. The molecule has 0 saturated carbocycles. The van der Waals surface area contributed by atoms with Crippen molar-refractivity contribution in [2.75, 3.05) is 7.11 Å². The molecule has 2 N–H and O–H groups in total. The van der Waals surface area contributed by atoms with Gasteiger partial charge in [-0.2, -0.15) is 0 Å². The molecule has 0 amide bonds. The number of esters is 1. The molecule has 0 aliphatic rings. The van der Waals surface area contributed by atoms with Gasteiger partial charge in [0, 0.05) is 18.3 Å². The van der Waals surface area contributed by atoms with Crippen molar-refractivity contribution in [2.24, 2.45) is 0 Å². The summed E-state index contributed by atoms with van der Waals surface area (Å²) in [4.78, 5) is 39.4. The Bertz CT molecular complexity index is 859. The lowest BCUT2D eigenvalue weighted by atomic mass is 9.87. The van der Waals surface area contributed by atoms with Gasteiger partial charge < -0.3 is 14.7 Å². The van der Waals surface area contributed by atoms with E-state index in [-0.39, 0.29) is 5.92 Å². The number of benzene rings is 1. The van der Waals surface area contributed by atoms with Gasteiger partial charge in [-0.25, -0.2) is 4.79 Å². The van der Waals surface area contributed by atoms with Gasteiger partial charge in [-0.05, 0) is 41.0 Å². The maximum absolute atomic E-state index is 11.6. The Morgan fingerprint density at radius 1 is 0.920 bits per heavy atom. The van der Waals surface area contributed by atoms with Crippen LogP contribution in [-0.4, -0.2) is 35.6 Å². The summed E-state index contributed by atoms with van der Waals surface area (Å²) in [6, 6.07) is 10.6. The molecule has 0 unspecified atom stereocenters. The largest absolute Gasteiger partial charge is 0.465 e. The molecule has 3 aromatic rings. The Morgan fingerprint density at radius 2 is 1.44 bits per heavy atom. The Morgan fingerprint density at radius 3 is 1.84 bits per heavy atom. The molecule has 6 nitrogen and oxygen atoms in total. The maximum Gasteiger partial charge on any atom is 0.337 e. The molecule has 1 aromatic carbocycles. The smallest absolute Gasteiger partial charge is 0.337 e. The molecule has 0 aliphatic heterocycles. The second-order valence-corrected chi connectivity index (χ2v) is 5.56. The van der Waals surface area contributed by atoms with Crippen LogP contribution in [0.25, 0.3) is 0 Å². The first-order valence-electron chi connectivity index (χ1n) is 7.61. The number of carbonyl (C=O) groups excluding carboxylic acids is 3. The van der Waals surface area contributed by atoms with Crippen LogP contribution in [0.1, 0.15) is 53.9 Å². The molecule has 6 heteroatoms. The second kappa shape index (κ2) is 7.00. The predicted molar refractivity (Wildman–Crippen MR) is 91.1 cm³/mol. The van der Waals surface area contributed by atoms with Crippen LogP contribution in [0.4, 0.5) is 0 Å². The van der Waals surface area contributed by atoms with Gasteiger partial charge in [0.2, 0.25) is 0 Å². The number of aromatic nitrogens is 2. The number of hydrogen-bond donors (Lipinski definition) is 2. The van der Waals surface area contributed by atoms with Gasteiger partial charge in [-0.3, -0.25) is 9.59 Å². The summed E-state index contributed by atoms with van der Waals surface area (Å²) >= 11 is 0. The molecule has 0 saturated heterocycles. The molecule has 2 heterocycles. The molecule has 2 aromatic heterocycles. The van der Waals surface area contributed by atoms with Crippen molar-refractivity contribution in [1.82, 2.24) is 9.97 Å². The summed E-state index contributed by atoms with van der Waals surface area (Å²) in [5.74, 6) is -0.598. The highest BCUT2D eigenvalue weighted by molar-refractivity contribution is 5.89. The standard InChI is InChI=1S/C19H16N2O4/c1-25-19(24)13-4-2-12(3-5-13)18(14-6-16(10-22)20-8-14)15-7-17(11-23)21-9-15/h2-11,18,20-21H,1H3. The van der Waals surface area contributed by atoms with E-state index in [2.05, 4.69) is 9.97 Å². The molecule has 3 rings (SSSR count). The quantitative estimate of drug-likeness (QED) is 0.535. The molecular formula is C19H16N2O4. The predicted octanol–water partition coefficient (Wildman–Crippen LogP) is 2.93. The summed E-state index contributed by atoms with van der Waals surface area (Å²) in [6.45, 7) is 0. The highest BCUT2D eigenvalue weighted by atomic mass is 16.5. The average molecular weight is 336 g/mol. The zero-order valence-electron chi connectivity index (χ0n) is 13.5. The van der Waals surface area contributed by atoms with E-state index >= 15 is 0 Å². The molecular weight excluding hydrogens is 320 g/mol. The van der Waals surface area contributed by atoms with E-state index in [1.165, 1.54) is 7.11 Å². The van der Waals surface area contributed by atoms with E-state index in [1.807, 2.05) is 12.1 Å². The van der Waals surface area contributed by atoms with Gasteiger partial charge in [0.15, 0.2) is 12.6 Å². The summed E-state index contributed by atoms with van der Waals surface area (Å²) < 4.78 is 4.72. The van der Waals surface area contributed by atoms with Crippen molar-refractivity contribution < 1.29 is 19.1 Å². The molecule has 25 heavy (non-hydrogen) atoms. The van der Waals surface area contributed by atoms with Crippen LogP contribution in [0.15, 0.2) is 48.8 Å². The third-order valence-electron chi connectivity index (χ3n) is 4.04. The van der Waals surface area contributed by atoms with Gasteiger partial charge in [-0.1, -0.05) is 12.1 Å². The molecule has 0 bridgehead atoms. The number of hydrogen-bond acceptors (Lipinski definition) is 4. The Balaban J connectivity index is 2.05. The highest BCUT2D eigenvalue weighted by Gasteiger charge is 2.20. The van der Waals surface area contributed by atoms with Gasteiger partial charge in [0.1, 0.15) is 0 Å². The number of rotatable bonds is 6. The van der Waals surface area contributed by atoms with E-state index < -0.39 is 5.97 Å². The summed E-state index contributed by atoms with van der Waals surface area (Å²) in [5.41, 5.74) is 4.07. The zero-order chi connectivity index (χ0) is 17.8. The molecule has 0 aliphatic carbocycles. The summed E-state index contributed by atoms with van der Waals surface area (Å²) in [6.07, 6.45) is 5.01. The van der Waals surface area contributed by atoms with Crippen LogP contribution in [0.5, 0.6) is 0 Å². The summed E-state index contributed by atoms with van der Waals surface area (Å²) in [7, 11) is 1.33. The van der Waals surface area contributed by atoms with Crippen LogP contribution in [0, 0.1) is 0 Å². The lowest BCUT2D eigenvalue weighted by Crippen LogP contribution is -2.04. The highest BCUT2D eigenvalue weighted by Crippen LogP contribution is 2.32. The molecule has 0 radical (unpaired) electrons. The molecule has 0 atom stereocenters. The third-order valence-corrected chi connectivity index (χ3v) is 4.04. The van der Waals surface area contributed by atoms with Crippen molar-refractivity contribution >= 4 is 18.5 Å². The minimum atomic E-state index is -0.405. The van der Waals surface area contributed by atoms with E-state index in [1.54, 1.807) is 36.7 Å². The Labute approximate surface area is 143 Å². The van der Waals surface area contributed by atoms with Crippen molar-refractivity contribution in [2.45, 2.75) is 5.92 Å². The van der Waals surface area contributed by atoms with Crippen molar-refractivity contribution in [3.63, 3.8) is 0 Å². The average Bonchev–Trinajstić information content (AvgIpc) is 3.31. The van der Waals surface area contributed by atoms with Crippen molar-refractivity contribution in [1.29, 1.82) is 0 Å². The lowest BCUT2D eigenvalue weighted by Gasteiger charge is -2.15. The third kappa shape index (κ3) is 3.28. The Kier molecular flexibility index (Phi) is 4.61. The fourth-order valence-electron chi connectivity index (χ4n) is 2.84. The number of methoxy groups -OCH3 is 1. The number of carbonyl (C=O) groups is 3. The minimum absolute atomic E-state index is 0.193. The molecule has 126 valence electrons. The SMILES string of the molecule is COC(=O)c1ccc(C(c2c[nH]c(C=O)c2)c2c[nH]c(C=O)c2)cc1. The minimum Gasteiger partial charge on any atom is -0.465 e. The summed E-state index contributed by atoms with van der Waals surface area (Å²) in [5, 5.41) is 0. The fourth-order valence-corrected chi connectivity index (χ4v) is 2.84. The Hall–Kier alpha value is -3.41. The van der Waals surface area contributed by atoms with Crippen LogP contribution in [-0.2, 0) is 4.74 Å². The van der Waals surface area contributed by atoms with Crippen molar-refractivity contribution in [3.8, 4) is 0 Å². The van der Waals surface area contributed by atoms with Crippen LogP contribution < -0.4 is 0 Å². The van der Waals surface area contributed by atoms with Crippen LogP contribution in [0.2, 0.25) is 0 Å². The number of H-pyrrole nitrogens is 2. The number of ether oxygens (including phenoxy) is 1. The van der Waals surface area contributed by atoms with E-state index in [9.17, 15) is 14.4 Å². The first-order chi connectivity index (χ1) is 12.2. The second-order valence-electron chi connectivity index (χ2n) is 5.56. The van der Waals surface area contributed by atoms with Crippen LogP contribution in [0.3, 0.4) is 0 Å². The van der Waals surface area contributed by atoms with Gasteiger partial charge in [0.05, 0.1) is 24.1 Å². The number of aromatic amines is 2. The van der Waals surface area contributed by atoms with Gasteiger partial charge in [-0.15, -0.1) is 0 Å². The topological polar surface area (TPSA) is 92.0 Å². The van der Waals surface area contributed by atoms with E-state index in [0.29, 0.717) is 17.0 Å². The lowest BCUT2D eigenvalue weighted by molar-refractivity contribution is 0.0600. The van der Waals surface area contributed by atoms with Crippen LogP contribution >= 0.6 is 0 Å². The normalized spacial score (nSPS) is 10.6. The van der Waals surface area contributed by atoms with Gasteiger partial charge in [0.25, 0.3) is 0 Å². The number of nitrogens with one attached hydrogen (secondary N) is 2. The monoisotopic (exact) mass is 336 g/mol. The maximum atomic E-state index is 11.6. The fraction of sp³-hybridized carbons (Fsp3) is 0.105. The van der Waals surface area contributed by atoms with Crippen molar-refractivity contribution in [3.05, 3.63) is 82.4 Å². The van der Waals surface area contributed by atoms with E-state index in [4.69, 9.17) is 4.74 Å². The van der Waals surface area contributed by atoms with E-state index in [0.717, 1.165) is 29.3 Å². The van der Waals surface area contributed by atoms with Gasteiger partial charge >= 0.3 is 5.97 Å². The zero-order valence-corrected chi connectivity index (χ0v) is 13.5.